The highest BCUT2D eigenvalue weighted by molar-refractivity contribution is 5.93. The van der Waals surface area contributed by atoms with Gasteiger partial charge in [-0.05, 0) is 87.1 Å². The maximum Gasteiger partial charge on any atom is 0.335 e. The normalized spacial score (nSPS) is 48.5. The molecule has 8 heterocycles. The van der Waals surface area contributed by atoms with E-state index in [1.807, 2.05) is 7.11 Å². The molecule has 8 aliphatic heterocycles. The van der Waals surface area contributed by atoms with Crippen molar-refractivity contribution in [2.75, 3.05) is 57.7 Å². The zero-order chi connectivity index (χ0) is 33.7. The lowest BCUT2D eigenvalue weighted by molar-refractivity contribution is -0.152. The quantitative estimate of drug-likeness (QED) is 0.432. The van der Waals surface area contributed by atoms with Crippen LogP contribution >= 0.6 is 0 Å². The molecule has 12 atom stereocenters. The van der Waals surface area contributed by atoms with E-state index >= 15 is 0 Å². The Balaban J connectivity index is 1.08. The van der Waals surface area contributed by atoms with Crippen LogP contribution in [0.4, 0.5) is 11.4 Å². The molecular formula is C42H48N4O5. The summed E-state index contributed by atoms with van der Waals surface area (Å²) in [5.74, 6) is 1.64. The number of fused-ring (bicyclic) bond motifs is 5. The number of methoxy groups -OCH3 is 2. The van der Waals surface area contributed by atoms with Gasteiger partial charge in [0.15, 0.2) is 0 Å². The third-order valence-electron chi connectivity index (χ3n) is 17.5. The number of hydrogen-bond acceptors (Lipinski definition) is 9. The first kappa shape index (κ1) is 29.4. The monoisotopic (exact) mass is 688 g/mol. The van der Waals surface area contributed by atoms with Crippen molar-refractivity contribution in [3.63, 3.8) is 0 Å². The first-order valence-electron chi connectivity index (χ1n) is 19.9. The van der Waals surface area contributed by atoms with Gasteiger partial charge in [0.25, 0.3) is 0 Å². The summed E-state index contributed by atoms with van der Waals surface area (Å²) in [4.78, 5) is 19.8. The van der Waals surface area contributed by atoms with E-state index in [-0.39, 0.29) is 45.3 Å². The Morgan fingerprint density at radius 3 is 2.69 bits per heavy atom. The van der Waals surface area contributed by atoms with Crippen LogP contribution in [0.1, 0.15) is 62.5 Å². The predicted octanol–water partition coefficient (Wildman–Crippen LogP) is 4.82. The minimum absolute atomic E-state index is 0.0592. The molecule has 0 bridgehead atoms. The Hall–Kier alpha value is -3.11. The number of piperidine rings is 2. The summed E-state index contributed by atoms with van der Waals surface area (Å²) in [6.07, 6.45) is 8.97. The number of anilines is 2. The van der Waals surface area contributed by atoms with Gasteiger partial charge >= 0.3 is 5.97 Å². The smallest absolute Gasteiger partial charge is 0.335 e. The molecule has 11 aliphatic rings. The van der Waals surface area contributed by atoms with Gasteiger partial charge in [-0.1, -0.05) is 30.3 Å². The van der Waals surface area contributed by atoms with Gasteiger partial charge < -0.3 is 29.6 Å². The average molecular weight is 689 g/mol. The first-order chi connectivity index (χ1) is 25.0. The van der Waals surface area contributed by atoms with E-state index in [1.165, 1.54) is 36.1 Å². The number of ether oxygens (including phenoxy) is 4. The van der Waals surface area contributed by atoms with Crippen molar-refractivity contribution in [1.29, 1.82) is 0 Å². The van der Waals surface area contributed by atoms with Gasteiger partial charge in [-0.15, -0.1) is 0 Å². The molecule has 13 rings (SSSR count). The van der Waals surface area contributed by atoms with Crippen molar-refractivity contribution < 1.29 is 23.7 Å². The van der Waals surface area contributed by atoms with Crippen LogP contribution < -0.4 is 15.4 Å². The molecule has 2 N–H and O–H groups in total. The van der Waals surface area contributed by atoms with Crippen molar-refractivity contribution in [3.05, 3.63) is 64.9 Å². The minimum atomic E-state index is -0.298. The molecule has 0 aromatic heterocycles. The fourth-order valence-corrected chi connectivity index (χ4v) is 16.8. The van der Waals surface area contributed by atoms with Crippen LogP contribution in [0.2, 0.25) is 0 Å². The van der Waals surface area contributed by atoms with E-state index in [0.29, 0.717) is 36.4 Å². The largest absolute Gasteiger partial charge is 0.495 e. The van der Waals surface area contributed by atoms with Gasteiger partial charge in [0.1, 0.15) is 5.75 Å². The number of para-hydroxylation sites is 2. The van der Waals surface area contributed by atoms with Gasteiger partial charge in [0.2, 0.25) is 0 Å². The molecule has 51 heavy (non-hydrogen) atoms. The highest BCUT2D eigenvalue weighted by Crippen LogP contribution is 2.79. The molecule has 3 aliphatic carbocycles. The summed E-state index contributed by atoms with van der Waals surface area (Å²) < 4.78 is 25.8. The molecule has 2 aromatic rings. The Bertz CT molecular complexity index is 1980. The van der Waals surface area contributed by atoms with Crippen LogP contribution in [0.25, 0.3) is 0 Å². The van der Waals surface area contributed by atoms with E-state index in [1.54, 1.807) is 7.11 Å². The minimum Gasteiger partial charge on any atom is -0.495 e. The van der Waals surface area contributed by atoms with Gasteiger partial charge in [-0.3, -0.25) is 9.80 Å². The van der Waals surface area contributed by atoms with Crippen LogP contribution in [0, 0.1) is 22.7 Å². The standard InChI is InChI=1S/C42H48N4O5/c1-48-29-9-5-7-27-31(29)44-42-23(21-38-13-18-50-30(38)10-15-45-16-12-41(27,42)37(38)45)20-24-33(42)46-17-11-40-26-6-3-4-8-28(26)43-32(40)25(35(47)49-2)22-39(36(40)46)14-19-51-34(24)39/h3-9,23-24,30,33-34,36-37,43-44H,10-22H2,1-2H3. The van der Waals surface area contributed by atoms with Crippen LogP contribution in [0.15, 0.2) is 53.7 Å². The SMILES string of the molecule is COC(=O)C1=C2Nc3ccccc3C23CCN2C3C3(CCOC3C3CC4CC56CCOC5CCN5CCC7(c8cccc(OC)c8NC47C32)C56)C1. The summed E-state index contributed by atoms with van der Waals surface area (Å²) in [6, 6.07) is 16.8. The van der Waals surface area contributed by atoms with Crippen LogP contribution in [-0.2, 0) is 29.8 Å². The van der Waals surface area contributed by atoms with Crippen molar-refractivity contribution in [2.24, 2.45) is 22.7 Å². The number of carbonyl (C=O) groups excluding carboxylic acids is 1. The Morgan fingerprint density at radius 2 is 1.78 bits per heavy atom. The molecule has 8 fully saturated rings. The predicted molar refractivity (Wildman–Crippen MR) is 190 cm³/mol. The second kappa shape index (κ2) is 9.15. The fourth-order valence-electron chi connectivity index (χ4n) is 16.8. The Kier molecular flexibility index (Phi) is 5.27. The van der Waals surface area contributed by atoms with E-state index < -0.39 is 0 Å². The molecule has 0 radical (unpaired) electrons. The van der Waals surface area contributed by atoms with Crippen LogP contribution in [-0.4, -0.2) is 98.7 Å². The average Bonchev–Trinajstić information content (AvgIpc) is 4.01. The van der Waals surface area contributed by atoms with Crippen molar-refractivity contribution >= 4 is 17.3 Å². The fraction of sp³-hybridized carbons (Fsp3) is 0.643. The number of carbonyl (C=O) groups is 1. The van der Waals surface area contributed by atoms with Crippen molar-refractivity contribution in [1.82, 2.24) is 9.80 Å². The number of benzene rings is 2. The number of rotatable bonds is 2. The molecule has 266 valence electrons. The van der Waals surface area contributed by atoms with E-state index in [4.69, 9.17) is 18.9 Å². The topological polar surface area (TPSA) is 84.5 Å². The maximum atomic E-state index is 13.9. The summed E-state index contributed by atoms with van der Waals surface area (Å²) >= 11 is 0. The van der Waals surface area contributed by atoms with E-state index in [2.05, 4.69) is 62.9 Å². The van der Waals surface area contributed by atoms with Gasteiger partial charge in [0.05, 0.1) is 48.6 Å². The Labute approximate surface area is 299 Å². The maximum absolute atomic E-state index is 13.9. The van der Waals surface area contributed by atoms with Crippen molar-refractivity contribution in [2.45, 2.75) is 98.1 Å². The first-order valence-corrected chi connectivity index (χ1v) is 19.9. The summed E-state index contributed by atoms with van der Waals surface area (Å²) in [5, 5.41) is 8.40. The summed E-state index contributed by atoms with van der Waals surface area (Å²) in [5.41, 5.74) is 6.70. The van der Waals surface area contributed by atoms with Gasteiger partial charge in [-0.2, -0.15) is 0 Å². The molecule has 0 amide bonds. The van der Waals surface area contributed by atoms with Crippen molar-refractivity contribution in [3.8, 4) is 5.75 Å². The summed E-state index contributed by atoms with van der Waals surface area (Å²) in [6.45, 7) is 4.93. The second-order valence-electron chi connectivity index (χ2n) is 18.2. The molecule has 9 heteroatoms. The summed E-state index contributed by atoms with van der Waals surface area (Å²) in [7, 11) is 3.40. The Morgan fingerprint density at radius 1 is 0.922 bits per heavy atom. The molecule has 12 unspecified atom stereocenters. The highest BCUT2D eigenvalue weighted by atomic mass is 16.5. The van der Waals surface area contributed by atoms with Gasteiger partial charge in [0, 0.05) is 78.0 Å². The molecule has 2 aromatic carbocycles. The van der Waals surface area contributed by atoms with E-state index in [9.17, 15) is 4.79 Å². The molecule has 2 saturated carbocycles. The van der Waals surface area contributed by atoms with Crippen LogP contribution in [0.5, 0.6) is 5.75 Å². The molecular weight excluding hydrogens is 640 g/mol. The van der Waals surface area contributed by atoms with Gasteiger partial charge in [-0.25, -0.2) is 4.79 Å². The number of hydrogen-bond donors (Lipinski definition) is 2. The zero-order valence-corrected chi connectivity index (χ0v) is 29.7. The molecule has 6 saturated heterocycles. The molecule has 5 spiro atoms. The number of nitrogens with one attached hydrogen (secondary N) is 2. The lowest BCUT2D eigenvalue weighted by Gasteiger charge is -2.67. The lowest BCUT2D eigenvalue weighted by Crippen LogP contribution is -2.80. The van der Waals surface area contributed by atoms with E-state index in [0.717, 1.165) is 81.2 Å². The number of nitrogens with zero attached hydrogens (tertiary/aromatic N) is 2. The second-order valence-corrected chi connectivity index (χ2v) is 18.2. The third-order valence-corrected chi connectivity index (χ3v) is 17.5. The van der Waals surface area contributed by atoms with Crippen LogP contribution in [0.3, 0.4) is 0 Å². The number of esters is 1. The highest BCUT2D eigenvalue weighted by Gasteiger charge is 2.85. The molecule has 9 nitrogen and oxygen atoms in total. The third kappa shape index (κ3) is 2.82. The lowest BCUT2D eigenvalue weighted by atomic mass is 9.44. The zero-order valence-electron chi connectivity index (χ0n) is 29.7.